The molecule has 0 aliphatic carbocycles. The molecule has 0 unspecified atom stereocenters. The number of nitrogens with zero attached hydrogens (tertiary/aromatic N) is 1. The molecule has 0 saturated heterocycles. The minimum atomic E-state index is -0.539. The summed E-state index contributed by atoms with van der Waals surface area (Å²) in [6.07, 6.45) is 0. The average molecular weight is 223 g/mol. The van der Waals surface area contributed by atoms with Gasteiger partial charge in [0.2, 0.25) is 0 Å². The van der Waals surface area contributed by atoms with E-state index in [2.05, 4.69) is 5.32 Å². The molecule has 0 aromatic heterocycles. The van der Waals surface area contributed by atoms with E-state index >= 15 is 0 Å². The van der Waals surface area contributed by atoms with Gasteiger partial charge in [0.05, 0.1) is 4.92 Å². The zero-order valence-electron chi connectivity index (χ0n) is 8.84. The number of hydrogen-bond acceptors (Lipinski definition) is 4. The third kappa shape index (κ3) is 3.03. The quantitative estimate of drug-likeness (QED) is 0.579. The lowest BCUT2D eigenvalue weighted by atomic mass is 10.2. The van der Waals surface area contributed by atoms with Crippen molar-refractivity contribution in [2.24, 2.45) is 5.73 Å². The fourth-order valence-corrected chi connectivity index (χ4v) is 1.13. The second kappa shape index (κ2) is 5.22. The maximum atomic E-state index is 11.6. The lowest BCUT2D eigenvalue weighted by Gasteiger charge is -2.10. The summed E-state index contributed by atoms with van der Waals surface area (Å²) in [5.74, 6) is -0.360. The van der Waals surface area contributed by atoms with E-state index in [0.717, 1.165) is 0 Å². The number of hydrogen-bond donors (Lipinski definition) is 2. The van der Waals surface area contributed by atoms with Gasteiger partial charge in [-0.05, 0) is 13.0 Å². The number of nitrogens with one attached hydrogen (secondary N) is 1. The normalized spacial score (nSPS) is 11.9. The number of non-ortho nitro benzene ring substituents is 1. The number of nitro groups is 1. The summed E-state index contributed by atoms with van der Waals surface area (Å²) < 4.78 is 0. The fourth-order valence-electron chi connectivity index (χ4n) is 1.13. The summed E-state index contributed by atoms with van der Waals surface area (Å²) >= 11 is 0. The van der Waals surface area contributed by atoms with Gasteiger partial charge in [0.15, 0.2) is 0 Å². The van der Waals surface area contributed by atoms with Crippen LogP contribution in [-0.4, -0.2) is 23.4 Å². The highest BCUT2D eigenvalue weighted by molar-refractivity contribution is 5.94. The van der Waals surface area contributed by atoms with Crippen molar-refractivity contribution in [2.75, 3.05) is 6.54 Å². The van der Waals surface area contributed by atoms with Crippen molar-refractivity contribution in [1.82, 2.24) is 5.32 Å². The molecule has 6 heteroatoms. The molecule has 16 heavy (non-hydrogen) atoms. The van der Waals surface area contributed by atoms with Crippen LogP contribution in [0.3, 0.4) is 0 Å². The van der Waals surface area contributed by atoms with Gasteiger partial charge in [0.25, 0.3) is 11.6 Å². The van der Waals surface area contributed by atoms with E-state index in [1.165, 1.54) is 24.3 Å². The van der Waals surface area contributed by atoms with Gasteiger partial charge in [0, 0.05) is 30.3 Å². The smallest absolute Gasteiger partial charge is 0.270 e. The van der Waals surface area contributed by atoms with Gasteiger partial charge in [-0.25, -0.2) is 0 Å². The van der Waals surface area contributed by atoms with Crippen molar-refractivity contribution >= 4 is 11.6 Å². The zero-order valence-corrected chi connectivity index (χ0v) is 8.84. The van der Waals surface area contributed by atoms with Crippen molar-refractivity contribution in [3.63, 3.8) is 0 Å². The molecule has 86 valence electrons. The Morgan fingerprint density at radius 3 is 2.88 bits per heavy atom. The van der Waals surface area contributed by atoms with Crippen molar-refractivity contribution in [3.05, 3.63) is 39.9 Å². The molecule has 0 saturated carbocycles. The predicted octanol–water partition coefficient (Wildman–Crippen LogP) is 0.672. The van der Waals surface area contributed by atoms with E-state index < -0.39 is 4.92 Å². The van der Waals surface area contributed by atoms with Gasteiger partial charge in [-0.1, -0.05) is 6.07 Å². The Morgan fingerprint density at radius 1 is 1.62 bits per heavy atom. The minimum Gasteiger partial charge on any atom is -0.348 e. The van der Waals surface area contributed by atoms with Crippen molar-refractivity contribution in [3.8, 4) is 0 Å². The Balaban J connectivity index is 2.83. The average Bonchev–Trinajstić information content (AvgIpc) is 2.28. The molecule has 0 heterocycles. The number of carbonyl (C=O) groups is 1. The van der Waals surface area contributed by atoms with Crippen LogP contribution in [0.4, 0.5) is 5.69 Å². The summed E-state index contributed by atoms with van der Waals surface area (Å²) in [5.41, 5.74) is 5.51. The van der Waals surface area contributed by atoms with Crippen LogP contribution in [0.5, 0.6) is 0 Å². The van der Waals surface area contributed by atoms with Gasteiger partial charge < -0.3 is 11.1 Å². The maximum absolute atomic E-state index is 11.6. The first-order chi connectivity index (χ1) is 7.54. The standard InChI is InChI=1S/C10H13N3O3/c1-7(6-11)12-10(14)8-3-2-4-9(5-8)13(15)16/h2-5,7H,6,11H2,1H3,(H,12,14)/t7-/m1/s1. The molecule has 1 rings (SSSR count). The monoisotopic (exact) mass is 223 g/mol. The maximum Gasteiger partial charge on any atom is 0.270 e. The molecular weight excluding hydrogens is 210 g/mol. The van der Waals surface area contributed by atoms with Crippen LogP contribution >= 0.6 is 0 Å². The molecule has 0 aliphatic heterocycles. The van der Waals surface area contributed by atoms with Crippen molar-refractivity contribution in [2.45, 2.75) is 13.0 Å². The third-order valence-corrected chi connectivity index (χ3v) is 2.05. The Bertz CT molecular complexity index is 406. The molecular formula is C10H13N3O3. The van der Waals surface area contributed by atoms with Gasteiger partial charge in [-0.3, -0.25) is 14.9 Å². The van der Waals surface area contributed by atoms with Crippen LogP contribution in [0.15, 0.2) is 24.3 Å². The van der Waals surface area contributed by atoms with E-state index in [9.17, 15) is 14.9 Å². The highest BCUT2D eigenvalue weighted by atomic mass is 16.6. The Hall–Kier alpha value is -1.95. The molecule has 0 spiro atoms. The summed E-state index contributed by atoms with van der Waals surface area (Å²) in [4.78, 5) is 21.6. The Labute approximate surface area is 92.6 Å². The second-order valence-corrected chi connectivity index (χ2v) is 3.42. The first-order valence-corrected chi connectivity index (χ1v) is 4.80. The van der Waals surface area contributed by atoms with Gasteiger partial charge in [0.1, 0.15) is 0 Å². The second-order valence-electron chi connectivity index (χ2n) is 3.42. The van der Waals surface area contributed by atoms with Crippen LogP contribution < -0.4 is 11.1 Å². The highest BCUT2D eigenvalue weighted by Gasteiger charge is 2.12. The van der Waals surface area contributed by atoms with Gasteiger partial charge in [-0.2, -0.15) is 0 Å². The van der Waals surface area contributed by atoms with E-state index in [1.807, 2.05) is 0 Å². The number of benzene rings is 1. The summed E-state index contributed by atoms with van der Waals surface area (Å²) in [6.45, 7) is 2.08. The minimum absolute atomic E-state index is 0.104. The summed E-state index contributed by atoms with van der Waals surface area (Å²) in [7, 11) is 0. The Morgan fingerprint density at radius 2 is 2.31 bits per heavy atom. The first-order valence-electron chi connectivity index (χ1n) is 4.80. The molecule has 0 radical (unpaired) electrons. The van der Waals surface area contributed by atoms with Crippen molar-refractivity contribution < 1.29 is 9.72 Å². The largest absolute Gasteiger partial charge is 0.348 e. The van der Waals surface area contributed by atoms with E-state index in [1.54, 1.807) is 6.92 Å². The molecule has 0 bridgehead atoms. The van der Waals surface area contributed by atoms with Crippen molar-refractivity contribution in [1.29, 1.82) is 0 Å². The number of nitrogens with two attached hydrogens (primary N) is 1. The van der Waals surface area contributed by atoms with Crippen LogP contribution in [0, 0.1) is 10.1 Å². The number of carbonyl (C=O) groups excluding carboxylic acids is 1. The van der Waals surface area contributed by atoms with E-state index in [4.69, 9.17) is 5.73 Å². The number of amides is 1. The van der Waals surface area contributed by atoms with Gasteiger partial charge >= 0.3 is 0 Å². The third-order valence-electron chi connectivity index (χ3n) is 2.05. The lowest BCUT2D eigenvalue weighted by Crippen LogP contribution is -2.37. The summed E-state index contributed by atoms with van der Waals surface area (Å²) in [5, 5.41) is 13.1. The molecule has 1 atom stereocenters. The van der Waals surface area contributed by atoms with Crippen LogP contribution in [-0.2, 0) is 0 Å². The SMILES string of the molecule is C[C@H](CN)NC(=O)c1cccc([N+](=O)[O-])c1. The van der Waals surface area contributed by atoms with Crippen LogP contribution in [0.25, 0.3) is 0 Å². The topological polar surface area (TPSA) is 98.3 Å². The highest BCUT2D eigenvalue weighted by Crippen LogP contribution is 2.12. The Kier molecular flexibility index (Phi) is 3.96. The molecule has 1 aromatic carbocycles. The lowest BCUT2D eigenvalue weighted by molar-refractivity contribution is -0.384. The zero-order chi connectivity index (χ0) is 12.1. The number of nitro benzene ring substituents is 1. The molecule has 1 aromatic rings. The summed E-state index contributed by atoms with van der Waals surface area (Å²) in [6, 6.07) is 5.40. The molecule has 6 nitrogen and oxygen atoms in total. The van der Waals surface area contributed by atoms with E-state index in [0.29, 0.717) is 6.54 Å². The first kappa shape index (κ1) is 12.1. The van der Waals surface area contributed by atoms with Gasteiger partial charge in [-0.15, -0.1) is 0 Å². The molecule has 0 fully saturated rings. The molecule has 1 amide bonds. The number of rotatable bonds is 4. The van der Waals surface area contributed by atoms with Crippen LogP contribution in [0.2, 0.25) is 0 Å². The fraction of sp³-hybridized carbons (Fsp3) is 0.300. The van der Waals surface area contributed by atoms with Crippen LogP contribution in [0.1, 0.15) is 17.3 Å². The van der Waals surface area contributed by atoms with E-state index in [-0.39, 0.29) is 23.2 Å². The molecule has 0 aliphatic rings. The predicted molar refractivity (Wildman–Crippen MR) is 59.1 cm³/mol. The molecule has 3 N–H and O–H groups in total.